The van der Waals surface area contributed by atoms with Crippen molar-refractivity contribution in [2.24, 2.45) is 5.14 Å². The molecule has 1 aromatic carbocycles. The van der Waals surface area contributed by atoms with E-state index in [1.54, 1.807) is 4.90 Å². The van der Waals surface area contributed by atoms with Crippen LogP contribution in [0.2, 0.25) is 5.02 Å². The Kier molecular flexibility index (Phi) is 4.36. The Bertz CT molecular complexity index is 631. The fourth-order valence-electron chi connectivity index (χ4n) is 2.49. The van der Waals surface area contributed by atoms with Gasteiger partial charge in [0.05, 0.1) is 15.5 Å². The van der Waals surface area contributed by atoms with Gasteiger partial charge in [-0.15, -0.1) is 0 Å². The van der Waals surface area contributed by atoms with Crippen LogP contribution in [0, 0.1) is 0 Å². The molecule has 0 aliphatic carbocycles. The average molecular weight is 317 g/mol. The first-order chi connectivity index (χ1) is 9.32. The van der Waals surface area contributed by atoms with Crippen LogP contribution >= 0.6 is 11.6 Å². The predicted octanol–water partition coefficient (Wildman–Crippen LogP) is 2.00. The van der Waals surface area contributed by atoms with Crippen LogP contribution in [0.1, 0.15) is 36.5 Å². The van der Waals surface area contributed by atoms with Crippen molar-refractivity contribution >= 4 is 27.5 Å². The molecule has 1 saturated heterocycles. The summed E-state index contributed by atoms with van der Waals surface area (Å²) in [6.07, 6.45) is 2.88. The Morgan fingerprint density at radius 2 is 2.10 bits per heavy atom. The van der Waals surface area contributed by atoms with Gasteiger partial charge in [0.25, 0.3) is 5.91 Å². The van der Waals surface area contributed by atoms with Crippen molar-refractivity contribution in [3.63, 3.8) is 0 Å². The summed E-state index contributed by atoms with van der Waals surface area (Å²) in [7, 11) is -3.99. The first kappa shape index (κ1) is 15.3. The largest absolute Gasteiger partial charge is 0.336 e. The molecule has 1 heterocycles. The predicted molar refractivity (Wildman–Crippen MR) is 77.2 cm³/mol. The molecule has 1 aromatic rings. The van der Waals surface area contributed by atoms with Crippen LogP contribution < -0.4 is 5.14 Å². The third kappa shape index (κ3) is 2.97. The minimum Gasteiger partial charge on any atom is -0.336 e. The minimum absolute atomic E-state index is 0.0228. The molecule has 110 valence electrons. The lowest BCUT2D eigenvalue weighted by Gasteiger charge is -2.34. The molecule has 0 aromatic heterocycles. The lowest BCUT2D eigenvalue weighted by molar-refractivity contribution is 0.0632. The molecular weight excluding hydrogens is 300 g/mol. The number of benzene rings is 1. The lowest BCUT2D eigenvalue weighted by Crippen LogP contribution is -2.42. The van der Waals surface area contributed by atoms with Crippen molar-refractivity contribution in [1.29, 1.82) is 0 Å². The fraction of sp³-hybridized carbons (Fsp3) is 0.462. The van der Waals surface area contributed by atoms with Crippen LogP contribution in [0.3, 0.4) is 0 Å². The van der Waals surface area contributed by atoms with Crippen molar-refractivity contribution in [2.45, 2.75) is 37.1 Å². The second kappa shape index (κ2) is 5.71. The summed E-state index contributed by atoms with van der Waals surface area (Å²) in [4.78, 5) is 14.1. The number of primary sulfonamides is 1. The Hall–Kier alpha value is -1.11. The summed E-state index contributed by atoms with van der Waals surface area (Å²) < 4.78 is 23.2. The van der Waals surface area contributed by atoms with Gasteiger partial charge in [-0.3, -0.25) is 4.79 Å². The van der Waals surface area contributed by atoms with Crippen LogP contribution in [0.4, 0.5) is 0 Å². The number of piperidine rings is 1. The highest BCUT2D eigenvalue weighted by molar-refractivity contribution is 7.89. The molecule has 0 spiro atoms. The molecule has 1 amide bonds. The molecule has 1 atom stereocenters. The highest BCUT2D eigenvalue weighted by Crippen LogP contribution is 2.27. The molecule has 0 bridgehead atoms. The zero-order valence-corrected chi connectivity index (χ0v) is 12.7. The summed E-state index contributed by atoms with van der Waals surface area (Å²) in [5.41, 5.74) is -0.0228. The number of likely N-dealkylation sites (tertiary alicyclic amines) is 1. The van der Waals surface area contributed by atoms with Crippen LogP contribution in [-0.2, 0) is 10.0 Å². The molecule has 1 aliphatic heterocycles. The van der Waals surface area contributed by atoms with Crippen LogP contribution in [0.15, 0.2) is 23.1 Å². The van der Waals surface area contributed by atoms with Gasteiger partial charge in [0, 0.05) is 12.6 Å². The third-order valence-electron chi connectivity index (χ3n) is 3.56. The molecule has 1 aliphatic rings. The summed E-state index contributed by atoms with van der Waals surface area (Å²) in [5.74, 6) is -0.369. The highest BCUT2D eigenvalue weighted by Gasteiger charge is 2.29. The molecule has 0 saturated carbocycles. The van der Waals surface area contributed by atoms with Gasteiger partial charge in [0.1, 0.15) is 0 Å². The molecule has 20 heavy (non-hydrogen) atoms. The number of rotatable bonds is 2. The number of hydrogen-bond acceptors (Lipinski definition) is 3. The van der Waals surface area contributed by atoms with E-state index >= 15 is 0 Å². The topological polar surface area (TPSA) is 80.5 Å². The highest BCUT2D eigenvalue weighted by atomic mass is 35.5. The normalized spacial score (nSPS) is 19.9. The monoisotopic (exact) mass is 316 g/mol. The third-order valence-corrected chi connectivity index (χ3v) is 4.83. The number of sulfonamides is 1. The van der Waals surface area contributed by atoms with E-state index in [1.807, 2.05) is 6.92 Å². The first-order valence-electron chi connectivity index (χ1n) is 6.44. The average Bonchev–Trinajstić information content (AvgIpc) is 2.37. The quantitative estimate of drug-likeness (QED) is 0.906. The van der Waals surface area contributed by atoms with Gasteiger partial charge < -0.3 is 4.90 Å². The minimum atomic E-state index is -3.99. The number of amides is 1. The molecule has 1 unspecified atom stereocenters. The van der Waals surface area contributed by atoms with Gasteiger partial charge in [-0.05, 0) is 38.3 Å². The van der Waals surface area contributed by atoms with Crippen LogP contribution in [0.25, 0.3) is 0 Å². The fourth-order valence-corrected chi connectivity index (χ4v) is 3.55. The van der Waals surface area contributed by atoms with E-state index in [9.17, 15) is 13.2 Å². The molecule has 2 N–H and O–H groups in total. The van der Waals surface area contributed by atoms with E-state index in [4.69, 9.17) is 16.7 Å². The summed E-state index contributed by atoms with van der Waals surface area (Å²) >= 11 is 6.03. The van der Waals surface area contributed by atoms with Gasteiger partial charge in [0.15, 0.2) is 0 Å². The van der Waals surface area contributed by atoms with Crippen molar-refractivity contribution in [1.82, 2.24) is 4.90 Å². The summed E-state index contributed by atoms with van der Waals surface area (Å²) in [6, 6.07) is 4.35. The zero-order chi connectivity index (χ0) is 14.9. The number of halogens is 1. The van der Waals surface area contributed by atoms with E-state index in [1.165, 1.54) is 18.2 Å². The van der Waals surface area contributed by atoms with Crippen molar-refractivity contribution in [3.05, 3.63) is 28.8 Å². The van der Waals surface area contributed by atoms with E-state index in [0.29, 0.717) is 6.54 Å². The van der Waals surface area contributed by atoms with Crippen molar-refractivity contribution in [3.8, 4) is 0 Å². The summed E-state index contributed by atoms with van der Waals surface area (Å²) in [5, 5.41) is 5.28. The Balaban J connectivity index is 2.49. The van der Waals surface area contributed by atoms with E-state index in [2.05, 4.69) is 0 Å². The van der Waals surface area contributed by atoms with Gasteiger partial charge in [-0.2, -0.15) is 0 Å². The Morgan fingerprint density at radius 3 is 2.70 bits per heavy atom. The summed E-state index contributed by atoms with van der Waals surface area (Å²) in [6.45, 7) is 2.56. The molecular formula is C13H17ClN2O3S. The molecule has 1 fully saturated rings. The van der Waals surface area contributed by atoms with Gasteiger partial charge in [0.2, 0.25) is 10.0 Å². The number of nitrogens with two attached hydrogens (primary N) is 1. The Labute approximate surface area is 123 Å². The zero-order valence-electron chi connectivity index (χ0n) is 11.2. The number of carbonyl (C=O) groups is 1. The number of carbonyl (C=O) groups excluding carboxylic acids is 1. The second-order valence-corrected chi connectivity index (χ2v) is 6.94. The lowest BCUT2D eigenvalue weighted by atomic mass is 10.0. The van der Waals surface area contributed by atoms with E-state index in [0.717, 1.165) is 19.3 Å². The Morgan fingerprint density at radius 1 is 1.40 bits per heavy atom. The van der Waals surface area contributed by atoms with Gasteiger partial charge in [-0.1, -0.05) is 17.7 Å². The smallest absolute Gasteiger partial charge is 0.256 e. The maximum absolute atomic E-state index is 12.6. The first-order valence-corrected chi connectivity index (χ1v) is 8.37. The number of nitrogens with zero attached hydrogens (tertiary/aromatic N) is 1. The van der Waals surface area contributed by atoms with Crippen LogP contribution in [-0.4, -0.2) is 31.8 Å². The maximum Gasteiger partial charge on any atom is 0.256 e. The van der Waals surface area contributed by atoms with Crippen molar-refractivity contribution < 1.29 is 13.2 Å². The van der Waals surface area contributed by atoms with E-state index in [-0.39, 0.29) is 27.4 Å². The van der Waals surface area contributed by atoms with Crippen molar-refractivity contribution in [2.75, 3.05) is 6.54 Å². The standard InChI is InChI=1S/C13H17ClN2O3S/c1-9-5-2-3-8-16(9)13(17)12-10(14)6-4-7-11(12)20(15,18)19/h4,6-7,9H,2-3,5,8H2,1H3,(H2,15,18,19). The molecule has 0 radical (unpaired) electrons. The molecule has 7 heteroatoms. The SMILES string of the molecule is CC1CCCCN1C(=O)c1c(Cl)cccc1S(N)(=O)=O. The second-order valence-electron chi connectivity index (χ2n) is 5.00. The van der Waals surface area contributed by atoms with Gasteiger partial charge in [-0.25, -0.2) is 13.6 Å². The maximum atomic E-state index is 12.6. The van der Waals surface area contributed by atoms with Crippen LogP contribution in [0.5, 0.6) is 0 Å². The number of hydrogen-bond donors (Lipinski definition) is 1. The molecule has 2 rings (SSSR count). The van der Waals surface area contributed by atoms with Gasteiger partial charge >= 0.3 is 0 Å². The van der Waals surface area contributed by atoms with E-state index < -0.39 is 10.0 Å². The molecule has 5 nitrogen and oxygen atoms in total.